The minimum atomic E-state index is 0. The molecule has 5 aromatic carbocycles. The molecule has 0 fully saturated rings. The van der Waals surface area contributed by atoms with E-state index in [9.17, 15) is 0 Å². The molecule has 0 spiro atoms. The zero-order valence-corrected chi connectivity index (χ0v) is 29.5. The Balaban J connectivity index is 0.00000154. The van der Waals surface area contributed by atoms with Crippen molar-refractivity contribution in [1.29, 1.82) is 0 Å². The van der Waals surface area contributed by atoms with Gasteiger partial charge in [0.15, 0.2) is 0 Å². The first kappa shape index (κ1) is 32.8. The average molecular weight is 715 g/mol. The fourth-order valence-corrected chi connectivity index (χ4v) is 7.70. The maximum atomic E-state index is 4.24. The van der Waals surface area contributed by atoms with Gasteiger partial charge in [0.25, 0.3) is 0 Å². The van der Waals surface area contributed by atoms with E-state index in [1.54, 1.807) is 5.20 Å². The van der Waals surface area contributed by atoms with Crippen LogP contribution in [0.1, 0.15) is 54.9 Å². The molecule has 0 bridgehead atoms. The van der Waals surface area contributed by atoms with Crippen molar-refractivity contribution in [3.05, 3.63) is 146 Å². The van der Waals surface area contributed by atoms with Crippen LogP contribution in [0.2, 0.25) is 0 Å². The van der Waals surface area contributed by atoms with Crippen molar-refractivity contribution in [1.82, 2.24) is 0 Å². The van der Waals surface area contributed by atoms with Gasteiger partial charge in [-0.05, 0) is 57.7 Å². The third-order valence-corrected chi connectivity index (χ3v) is 9.46. The van der Waals surface area contributed by atoms with E-state index in [0.29, 0.717) is 15.4 Å². The molecule has 204 valence electrons. The SMILES string of the molecule is [CH2-]CCC1C([Si]c2cc3c(-c4ccccc4CC)cccc3[cH-]2)=Cc2c(-c3ccccc3CC)cccc21.[CH3-].[CH3-].[Hf+4]. The summed E-state index contributed by atoms with van der Waals surface area (Å²) in [5.41, 5.74) is 11.2. The molecule has 0 saturated carbocycles. The predicted octanol–water partition coefficient (Wildman–Crippen LogP) is 10.00. The van der Waals surface area contributed by atoms with Crippen molar-refractivity contribution >= 4 is 31.6 Å². The summed E-state index contributed by atoms with van der Waals surface area (Å²) in [5, 5.41) is 5.71. The topological polar surface area (TPSA) is 0 Å². The molecular weight excluding hydrogens is 675 g/mol. The van der Waals surface area contributed by atoms with Crippen LogP contribution in [0.25, 0.3) is 39.1 Å². The molecule has 1 aliphatic rings. The smallest absolute Gasteiger partial charge is 0.358 e. The third-order valence-electron chi connectivity index (χ3n) is 8.10. The second kappa shape index (κ2) is 14.5. The van der Waals surface area contributed by atoms with Gasteiger partial charge in [-0.2, -0.15) is 12.5 Å². The van der Waals surface area contributed by atoms with Crippen LogP contribution in [-0.4, -0.2) is 9.52 Å². The number of benzene rings is 4. The Bertz CT molecular complexity index is 1640. The van der Waals surface area contributed by atoms with Gasteiger partial charge in [0.05, 0.1) is 9.52 Å². The number of aryl methyl sites for hydroxylation is 2. The molecule has 0 saturated heterocycles. The van der Waals surface area contributed by atoms with Crippen LogP contribution in [0.5, 0.6) is 0 Å². The summed E-state index contributed by atoms with van der Waals surface area (Å²) in [6, 6.07) is 36.3. The summed E-state index contributed by atoms with van der Waals surface area (Å²) >= 11 is 0. The normalized spacial score (nSPS) is 13.5. The second-order valence-electron chi connectivity index (χ2n) is 10.3. The quantitative estimate of drug-likeness (QED) is 0.111. The monoisotopic (exact) mass is 716 g/mol. The molecule has 41 heavy (non-hydrogen) atoms. The van der Waals surface area contributed by atoms with Crippen LogP contribution < -0.4 is 5.19 Å². The standard InChI is InChI=1S/C37H34Si.2CH3.Hf/c1-4-13-34-33-21-12-20-32(30-18-10-8-15-26(30)6-3)36(33)24-37(34)38-28-22-27-16-11-19-31(35(27)23-28)29-17-9-7-14-25(29)5-2;;;/h7-12,14-24,34H,1,4-6,13H2,2-3H3;2*1H3;/q-2;2*-1;+4. The third kappa shape index (κ3) is 6.25. The van der Waals surface area contributed by atoms with Gasteiger partial charge in [0.2, 0.25) is 0 Å². The first-order valence-corrected chi connectivity index (χ1v) is 15.0. The number of hydrogen-bond acceptors (Lipinski definition) is 0. The van der Waals surface area contributed by atoms with Gasteiger partial charge < -0.3 is 21.8 Å². The first-order chi connectivity index (χ1) is 18.7. The molecule has 1 atom stereocenters. The van der Waals surface area contributed by atoms with E-state index in [1.807, 2.05) is 0 Å². The Morgan fingerprint density at radius 1 is 0.732 bits per heavy atom. The predicted molar refractivity (Wildman–Crippen MR) is 179 cm³/mol. The molecule has 0 aliphatic heterocycles. The van der Waals surface area contributed by atoms with E-state index in [4.69, 9.17) is 0 Å². The minimum Gasteiger partial charge on any atom is -0.358 e. The summed E-state index contributed by atoms with van der Waals surface area (Å²) < 4.78 is 0. The molecule has 1 aliphatic carbocycles. The molecule has 0 heterocycles. The number of allylic oxidation sites excluding steroid dienone is 1. The van der Waals surface area contributed by atoms with Crippen molar-refractivity contribution in [2.75, 3.05) is 0 Å². The molecule has 2 radical (unpaired) electrons. The molecular formula is C39H40HfSi. The Kier molecular flexibility index (Phi) is 11.6. The summed E-state index contributed by atoms with van der Waals surface area (Å²) in [7, 11) is 0.664. The Morgan fingerprint density at radius 3 is 1.98 bits per heavy atom. The van der Waals surface area contributed by atoms with E-state index in [1.165, 1.54) is 60.5 Å². The average Bonchev–Trinajstić information content (AvgIpc) is 3.54. The van der Waals surface area contributed by atoms with Gasteiger partial charge in [-0.25, -0.2) is 0 Å². The Hall–Kier alpha value is -2.68. The summed E-state index contributed by atoms with van der Waals surface area (Å²) in [5.74, 6) is 0.452. The Morgan fingerprint density at radius 2 is 1.32 bits per heavy atom. The van der Waals surface area contributed by atoms with Crippen molar-refractivity contribution in [3.63, 3.8) is 0 Å². The number of rotatable bonds is 8. The molecule has 2 heteroatoms. The second-order valence-corrected chi connectivity index (χ2v) is 11.7. The van der Waals surface area contributed by atoms with E-state index in [0.717, 1.165) is 25.7 Å². The molecule has 0 aromatic heterocycles. The maximum Gasteiger partial charge on any atom is 4.00 e. The van der Waals surface area contributed by atoms with Crippen molar-refractivity contribution in [2.24, 2.45) is 0 Å². The van der Waals surface area contributed by atoms with Crippen LogP contribution >= 0.6 is 0 Å². The van der Waals surface area contributed by atoms with Gasteiger partial charge in [0.1, 0.15) is 0 Å². The molecule has 0 amide bonds. The van der Waals surface area contributed by atoms with Gasteiger partial charge in [-0.3, -0.25) is 0 Å². The molecule has 5 aromatic rings. The summed E-state index contributed by atoms with van der Waals surface area (Å²) in [6.07, 6.45) is 6.65. The fraction of sp³-hybridized carbons (Fsp3) is 0.179. The summed E-state index contributed by atoms with van der Waals surface area (Å²) in [4.78, 5) is 0. The van der Waals surface area contributed by atoms with Crippen molar-refractivity contribution < 1.29 is 25.8 Å². The van der Waals surface area contributed by atoms with Gasteiger partial charge in [-0.15, -0.1) is 34.2 Å². The number of fused-ring (bicyclic) bond motifs is 2. The molecule has 1 unspecified atom stereocenters. The van der Waals surface area contributed by atoms with Crippen LogP contribution in [0.4, 0.5) is 0 Å². The molecule has 0 N–H and O–H groups in total. The van der Waals surface area contributed by atoms with Crippen LogP contribution in [0, 0.1) is 21.8 Å². The van der Waals surface area contributed by atoms with Gasteiger partial charge in [0, 0.05) is 0 Å². The fourth-order valence-electron chi connectivity index (χ4n) is 6.24. The first-order valence-electron chi connectivity index (χ1n) is 14.0. The van der Waals surface area contributed by atoms with Crippen molar-refractivity contribution in [3.8, 4) is 22.3 Å². The van der Waals surface area contributed by atoms with E-state index < -0.39 is 0 Å². The van der Waals surface area contributed by atoms with E-state index in [2.05, 4.69) is 124 Å². The van der Waals surface area contributed by atoms with Crippen LogP contribution in [0.15, 0.2) is 102 Å². The largest absolute Gasteiger partial charge is 4.00 e. The number of hydrogen-bond donors (Lipinski definition) is 0. The Labute approximate surface area is 269 Å². The van der Waals surface area contributed by atoms with Crippen molar-refractivity contribution in [2.45, 2.75) is 45.4 Å². The molecule has 6 rings (SSSR count). The summed E-state index contributed by atoms with van der Waals surface area (Å²) in [6.45, 7) is 8.74. The van der Waals surface area contributed by atoms with E-state index in [-0.39, 0.29) is 40.7 Å². The van der Waals surface area contributed by atoms with Crippen LogP contribution in [0.3, 0.4) is 0 Å². The van der Waals surface area contributed by atoms with Gasteiger partial charge >= 0.3 is 25.8 Å². The minimum absolute atomic E-state index is 0. The van der Waals surface area contributed by atoms with E-state index >= 15 is 0 Å². The zero-order valence-electron chi connectivity index (χ0n) is 24.9. The maximum absolute atomic E-state index is 4.24. The zero-order chi connectivity index (χ0) is 26.1. The molecule has 0 nitrogen and oxygen atoms in total. The van der Waals surface area contributed by atoms with Crippen LogP contribution in [-0.2, 0) is 38.7 Å². The van der Waals surface area contributed by atoms with Gasteiger partial charge in [-0.1, -0.05) is 110 Å².